The van der Waals surface area contributed by atoms with Gasteiger partial charge in [-0.05, 0) is 19.4 Å². The molecule has 0 aliphatic carbocycles. The van der Waals surface area contributed by atoms with Gasteiger partial charge >= 0.3 is 0 Å². The molecule has 1 atom stereocenters. The van der Waals surface area contributed by atoms with Gasteiger partial charge in [0.2, 0.25) is 0 Å². The fraction of sp³-hybridized carbons (Fsp3) is 0.400. The average Bonchev–Trinajstić information content (AvgIpc) is 2.06. The van der Waals surface area contributed by atoms with Crippen LogP contribution in [0.4, 0.5) is 4.39 Å². The zero-order valence-electron chi connectivity index (χ0n) is 8.82. The first-order chi connectivity index (χ1) is 6.81. The number of benzene rings is 1. The molecule has 1 unspecified atom stereocenters. The second-order valence-corrected chi connectivity index (χ2v) is 5.02. The lowest BCUT2D eigenvalue weighted by Crippen LogP contribution is -2.09. The Balaban J connectivity index is 3.02. The summed E-state index contributed by atoms with van der Waals surface area (Å²) in [7, 11) is -3.57. The van der Waals surface area contributed by atoms with Gasteiger partial charge in [0.15, 0.2) is 0 Å². The van der Waals surface area contributed by atoms with Crippen LogP contribution in [0.25, 0.3) is 0 Å². The van der Waals surface area contributed by atoms with Gasteiger partial charge in [0.05, 0.1) is 6.26 Å². The number of hydrogen-bond donors (Lipinski definition) is 0. The van der Waals surface area contributed by atoms with Gasteiger partial charge in [-0.25, -0.2) is 4.39 Å². The number of aryl methyl sites for hydroxylation is 1. The third-order valence-electron chi connectivity index (χ3n) is 1.98. The topological polar surface area (TPSA) is 43.4 Å². The van der Waals surface area contributed by atoms with Crippen LogP contribution in [-0.4, -0.2) is 14.7 Å². The highest BCUT2D eigenvalue weighted by Gasteiger charge is 2.16. The van der Waals surface area contributed by atoms with Crippen molar-refractivity contribution in [2.75, 3.05) is 6.26 Å². The van der Waals surface area contributed by atoms with E-state index in [0.717, 1.165) is 6.26 Å². The number of hydrogen-bond acceptors (Lipinski definition) is 3. The molecule has 1 aromatic rings. The van der Waals surface area contributed by atoms with Gasteiger partial charge in [0.25, 0.3) is 10.1 Å². The summed E-state index contributed by atoms with van der Waals surface area (Å²) in [5.74, 6) is -0.423. The molecule has 0 spiro atoms. The van der Waals surface area contributed by atoms with E-state index in [1.165, 1.54) is 13.0 Å². The summed E-state index contributed by atoms with van der Waals surface area (Å²) in [6.07, 6.45) is 0.136. The summed E-state index contributed by atoms with van der Waals surface area (Å²) < 4.78 is 40.0. The maximum Gasteiger partial charge on any atom is 0.264 e. The van der Waals surface area contributed by atoms with Crippen molar-refractivity contribution in [3.8, 4) is 0 Å². The molecule has 15 heavy (non-hydrogen) atoms. The molecule has 1 rings (SSSR count). The Bertz CT molecular complexity index is 454. The SMILES string of the molecule is Cc1cccc(C(C)OS(C)(=O)=O)c1F. The Morgan fingerprint density at radius 2 is 2.00 bits per heavy atom. The van der Waals surface area contributed by atoms with Crippen LogP contribution in [0.1, 0.15) is 24.2 Å². The van der Waals surface area contributed by atoms with E-state index in [-0.39, 0.29) is 5.56 Å². The minimum atomic E-state index is -3.57. The third-order valence-corrected chi connectivity index (χ3v) is 2.62. The minimum absolute atomic E-state index is 0.250. The van der Waals surface area contributed by atoms with Gasteiger partial charge in [-0.15, -0.1) is 0 Å². The van der Waals surface area contributed by atoms with Gasteiger partial charge < -0.3 is 0 Å². The van der Waals surface area contributed by atoms with E-state index in [2.05, 4.69) is 0 Å². The Morgan fingerprint density at radius 3 is 2.53 bits per heavy atom. The first-order valence-electron chi connectivity index (χ1n) is 4.44. The van der Waals surface area contributed by atoms with E-state index in [4.69, 9.17) is 4.18 Å². The van der Waals surface area contributed by atoms with Crippen LogP contribution in [0.5, 0.6) is 0 Å². The highest BCUT2D eigenvalue weighted by atomic mass is 32.2. The molecule has 0 fully saturated rings. The van der Waals surface area contributed by atoms with E-state index in [1.54, 1.807) is 19.1 Å². The van der Waals surface area contributed by atoms with E-state index < -0.39 is 22.0 Å². The van der Waals surface area contributed by atoms with Crippen molar-refractivity contribution in [3.05, 3.63) is 35.1 Å². The molecule has 0 aliphatic heterocycles. The lowest BCUT2D eigenvalue weighted by molar-refractivity contribution is 0.231. The van der Waals surface area contributed by atoms with Crippen LogP contribution in [0, 0.1) is 12.7 Å². The van der Waals surface area contributed by atoms with Crippen LogP contribution in [0.2, 0.25) is 0 Å². The lowest BCUT2D eigenvalue weighted by Gasteiger charge is -2.13. The smallest absolute Gasteiger partial charge is 0.262 e. The van der Waals surface area contributed by atoms with Crippen LogP contribution >= 0.6 is 0 Å². The van der Waals surface area contributed by atoms with Gasteiger partial charge in [-0.2, -0.15) is 8.42 Å². The lowest BCUT2D eigenvalue weighted by atomic mass is 10.1. The second-order valence-electron chi connectivity index (χ2n) is 3.42. The summed E-state index contributed by atoms with van der Waals surface area (Å²) in [6, 6.07) is 4.79. The van der Waals surface area contributed by atoms with Crippen LogP contribution < -0.4 is 0 Å². The van der Waals surface area contributed by atoms with Crippen molar-refractivity contribution >= 4 is 10.1 Å². The molecule has 0 radical (unpaired) electrons. The zero-order chi connectivity index (χ0) is 11.6. The largest absolute Gasteiger partial charge is 0.264 e. The zero-order valence-corrected chi connectivity index (χ0v) is 9.64. The second kappa shape index (κ2) is 4.28. The maximum atomic E-state index is 13.6. The van der Waals surface area contributed by atoms with Crippen molar-refractivity contribution < 1.29 is 17.0 Å². The number of halogens is 1. The Kier molecular flexibility index (Phi) is 3.46. The molecule has 3 nitrogen and oxygen atoms in total. The Hall–Kier alpha value is -0.940. The predicted octanol–water partition coefficient (Wildman–Crippen LogP) is 2.17. The highest BCUT2D eigenvalue weighted by molar-refractivity contribution is 7.86. The fourth-order valence-electron chi connectivity index (χ4n) is 1.30. The molecule has 0 saturated carbocycles. The monoisotopic (exact) mass is 232 g/mol. The molecule has 0 N–H and O–H groups in total. The van der Waals surface area contributed by atoms with Crippen molar-refractivity contribution in [2.24, 2.45) is 0 Å². The summed E-state index contributed by atoms with van der Waals surface area (Å²) in [6.45, 7) is 3.12. The van der Waals surface area contributed by atoms with Crippen LogP contribution in [0.3, 0.4) is 0 Å². The predicted molar refractivity (Wildman–Crippen MR) is 55.5 cm³/mol. The highest BCUT2D eigenvalue weighted by Crippen LogP contribution is 2.23. The molecule has 1 aromatic carbocycles. The molecule has 0 saturated heterocycles. The Morgan fingerprint density at radius 1 is 1.40 bits per heavy atom. The van der Waals surface area contributed by atoms with Crippen molar-refractivity contribution in [1.29, 1.82) is 0 Å². The van der Waals surface area contributed by atoms with Gasteiger partial charge in [0.1, 0.15) is 11.9 Å². The van der Waals surface area contributed by atoms with Crippen LogP contribution in [-0.2, 0) is 14.3 Å². The quantitative estimate of drug-likeness (QED) is 0.750. The summed E-state index contributed by atoms with van der Waals surface area (Å²) in [4.78, 5) is 0. The molecule has 5 heteroatoms. The van der Waals surface area contributed by atoms with E-state index in [0.29, 0.717) is 5.56 Å². The maximum absolute atomic E-state index is 13.6. The molecule has 0 aliphatic rings. The molecule has 0 aromatic heterocycles. The van der Waals surface area contributed by atoms with Crippen molar-refractivity contribution in [2.45, 2.75) is 20.0 Å². The van der Waals surface area contributed by atoms with Crippen LogP contribution in [0.15, 0.2) is 18.2 Å². The molecule has 0 bridgehead atoms. The molecule has 84 valence electrons. The number of rotatable bonds is 3. The standard InChI is InChI=1S/C10H13FO3S/c1-7-5-4-6-9(10(7)11)8(2)14-15(3,12)13/h4-6,8H,1-3H3. The van der Waals surface area contributed by atoms with Crippen molar-refractivity contribution in [3.63, 3.8) is 0 Å². The first-order valence-corrected chi connectivity index (χ1v) is 6.26. The third kappa shape index (κ3) is 3.28. The molecule has 0 amide bonds. The summed E-state index contributed by atoms with van der Waals surface area (Å²) in [5, 5.41) is 0. The van der Waals surface area contributed by atoms with Gasteiger partial charge in [0, 0.05) is 5.56 Å². The average molecular weight is 232 g/mol. The van der Waals surface area contributed by atoms with E-state index >= 15 is 0 Å². The molecular weight excluding hydrogens is 219 g/mol. The first kappa shape index (κ1) is 12.1. The van der Waals surface area contributed by atoms with Gasteiger partial charge in [-0.3, -0.25) is 4.18 Å². The molecular formula is C10H13FO3S. The van der Waals surface area contributed by atoms with Gasteiger partial charge in [-0.1, -0.05) is 18.2 Å². The van der Waals surface area contributed by atoms with Crippen molar-refractivity contribution in [1.82, 2.24) is 0 Å². The Labute approximate surface area is 89.0 Å². The minimum Gasteiger partial charge on any atom is -0.262 e. The summed E-state index contributed by atoms with van der Waals surface area (Å²) in [5.41, 5.74) is 0.719. The van der Waals surface area contributed by atoms with E-state index in [1.807, 2.05) is 0 Å². The van der Waals surface area contributed by atoms with E-state index in [9.17, 15) is 12.8 Å². The fourth-order valence-corrected chi connectivity index (χ4v) is 1.93. The normalized spacial score (nSPS) is 13.9. The summed E-state index contributed by atoms with van der Waals surface area (Å²) >= 11 is 0. The molecule has 0 heterocycles.